The van der Waals surface area contributed by atoms with Crippen molar-refractivity contribution in [2.75, 3.05) is 6.54 Å². The second-order valence-electron chi connectivity index (χ2n) is 6.86. The van der Waals surface area contributed by atoms with Crippen molar-refractivity contribution in [2.24, 2.45) is 0 Å². The molecular weight excluding hydrogens is 280 g/mol. The minimum Gasteiger partial charge on any atom is -0.373 e. The molecule has 2 amide bonds. The van der Waals surface area contributed by atoms with Crippen molar-refractivity contribution in [3.8, 4) is 0 Å². The number of fused-ring (bicyclic) bond motifs is 2. The van der Waals surface area contributed by atoms with Crippen LogP contribution in [0.3, 0.4) is 0 Å². The third-order valence-corrected chi connectivity index (χ3v) is 5.45. The molecule has 0 aromatic carbocycles. The Morgan fingerprint density at radius 3 is 2.86 bits per heavy atom. The standard InChI is InChI=1S/C16H24N4O2/c1-9-15(10(2)19-18-9)13-4-3-7-20(13)16(21)17-12-8-11-5-6-14(12)22-11/h11-14H,3-8H2,1-2H3,(H,17,21)(H,18,19)/t11-,12+,13+,14-/m1/s1. The summed E-state index contributed by atoms with van der Waals surface area (Å²) in [4.78, 5) is 14.7. The van der Waals surface area contributed by atoms with Crippen LogP contribution in [-0.2, 0) is 4.74 Å². The Morgan fingerprint density at radius 2 is 2.23 bits per heavy atom. The lowest BCUT2D eigenvalue weighted by Crippen LogP contribution is -2.48. The van der Waals surface area contributed by atoms with Gasteiger partial charge in [0.05, 0.1) is 30.0 Å². The van der Waals surface area contributed by atoms with E-state index in [0.29, 0.717) is 6.10 Å². The third kappa shape index (κ3) is 2.20. The van der Waals surface area contributed by atoms with Crippen molar-refractivity contribution in [3.05, 3.63) is 17.0 Å². The average molecular weight is 304 g/mol. The van der Waals surface area contributed by atoms with Crippen molar-refractivity contribution >= 4 is 6.03 Å². The molecule has 2 bridgehead atoms. The molecule has 1 aromatic rings. The molecule has 22 heavy (non-hydrogen) atoms. The van der Waals surface area contributed by atoms with E-state index < -0.39 is 0 Å². The molecule has 4 heterocycles. The number of urea groups is 1. The highest BCUT2D eigenvalue weighted by Crippen LogP contribution is 2.37. The van der Waals surface area contributed by atoms with Crippen molar-refractivity contribution in [3.63, 3.8) is 0 Å². The first kappa shape index (κ1) is 14.1. The average Bonchev–Trinajstić information content (AvgIpc) is 3.23. The van der Waals surface area contributed by atoms with Crippen LogP contribution < -0.4 is 5.32 Å². The van der Waals surface area contributed by atoms with E-state index in [1.54, 1.807) is 0 Å². The number of nitrogens with one attached hydrogen (secondary N) is 2. The molecule has 4 rings (SSSR count). The number of ether oxygens (including phenoxy) is 1. The summed E-state index contributed by atoms with van der Waals surface area (Å²) in [5.74, 6) is 0. The van der Waals surface area contributed by atoms with E-state index in [0.717, 1.165) is 50.0 Å². The molecule has 6 heteroatoms. The number of aromatic nitrogens is 2. The van der Waals surface area contributed by atoms with Crippen LogP contribution in [0.2, 0.25) is 0 Å². The molecule has 0 radical (unpaired) electrons. The van der Waals surface area contributed by atoms with E-state index in [1.807, 2.05) is 18.7 Å². The molecule has 0 spiro atoms. The number of hydrogen-bond donors (Lipinski definition) is 2. The molecule has 3 saturated heterocycles. The van der Waals surface area contributed by atoms with Crippen LogP contribution in [-0.4, -0.2) is 45.9 Å². The number of carbonyl (C=O) groups excluding carboxylic acids is 1. The van der Waals surface area contributed by atoms with Gasteiger partial charge >= 0.3 is 6.03 Å². The van der Waals surface area contributed by atoms with E-state index in [9.17, 15) is 4.79 Å². The highest BCUT2D eigenvalue weighted by molar-refractivity contribution is 5.75. The Kier molecular flexibility index (Phi) is 3.36. The van der Waals surface area contributed by atoms with Gasteiger partial charge in [0.25, 0.3) is 0 Å². The highest BCUT2D eigenvalue weighted by atomic mass is 16.5. The van der Waals surface area contributed by atoms with Gasteiger partial charge in [-0.05, 0) is 46.0 Å². The van der Waals surface area contributed by atoms with Gasteiger partial charge in [0.15, 0.2) is 0 Å². The van der Waals surface area contributed by atoms with Gasteiger partial charge < -0.3 is 15.0 Å². The summed E-state index contributed by atoms with van der Waals surface area (Å²) in [7, 11) is 0. The van der Waals surface area contributed by atoms with Crippen molar-refractivity contribution in [2.45, 2.75) is 70.2 Å². The maximum absolute atomic E-state index is 12.7. The molecule has 6 nitrogen and oxygen atoms in total. The molecule has 0 aliphatic carbocycles. The SMILES string of the molecule is Cc1n[nH]c(C)c1[C@@H]1CCCN1C(=O)N[C@H]1C[C@H]2CC[C@H]1O2. The lowest BCUT2D eigenvalue weighted by atomic mass is 9.95. The van der Waals surface area contributed by atoms with Gasteiger partial charge in [0, 0.05) is 17.8 Å². The third-order valence-electron chi connectivity index (χ3n) is 5.45. The van der Waals surface area contributed by atoms with Gasteiger partial charge in [-0.15, -0.1) is 0 Å². The van der Waals surface area contributed by atoms with Crippen LogP contribution in [0.5, 0.6) is 0 Å². The number of rotatable bonds is 2. The Bertz CT molecular complexity index is 565. The maximum atomic E-state index is 12.7. The minimum absolute atomic E-state index is 0.0589. The Labute approximate surface area is 130 Å². The summed E-state index contributed by atoms with van der Waals surface area (Å²) in [5, 5.41) is 10.5. The molecule has 0 saturated carbocycles. The van der Waals surface area contributed by atoms with Crippen LogP contribution in [0.4, 0.5) is 4.79 Å². The summed E-state index contributed by atoms with van der Waals surface area (Å²) >= 11 is 0. The van der Waals surface area contributed by atoms with Crippen LogP contribution in [0.1, 0.15) is 55.1 Å². The minimum atomic E-state index is 0.0589. The molecule has 3 fully saturated rings. The number of carbonyl (C=O) groups is 1. The fourth-order valence-electron chi connectivity index (χ4n) is 4.39. The summed E-state index contributed by atoms with van der Waals surface area (Å²) in [6.45, 7) is 4.87. The summed E-state index contributed by atoms with van der Waals surface area (Å²) < 4.78 is 5.84. The molecule has 2 N–H and O–H groups in total. The van der Waals surface area contributed by atoms with Crippen LogP contribution in [0, 0.1) is 13.8 Å². The van der Waals surface area contributed by atoms with Gasteiger partial charge in [0.2, 0.25) is 0 Å². The second kappa shape index (κ2) is 5.26. The van der Waals surface area contributed by atoms with Crippen LogP contribution >= 0.6 is 0 Å². The monoisotopic (exact) mass is 304 g/mol. The molecule has 4 atom stereocenters. The molecule has 120 valence electrons. The van der Waals surface area contributed by atoms with E-state index in [-0.39, 0.29) is 24.2 Å². The highest BCUT2D eigenvalue weighted by Gasteiger charge is 2.43. The zero-order valence-electron chi connectivity index (χ0n) is 13.3. The molecular formula is C16H24N4O2. The fraction of sp³-hybridized carbons (Fsp3) is 0.750. The van der Waals surface area contributed by atoms with Gasteiger partial charge in [-0.3, -0.25) is 5.10 Å². The van der Waals surface area contributed by atoms with Crippen LogP contribution in [0.25, 0.3) is 0 Å². The molecule has 3 aliphatic heterocycles. The Balaban J connectivity index is 1.48. The topological polar surface area (TPSA) is 70.2 Å². The van der Waals surface area contributed by atoms with Gasteiger partial charge in [-0.25, -0.2) is 4.79 Å². The fourth-order valence-corrected chi connectivity index (χ4v) is 4.39. The first-order chi connectivity index (χ1) is 10.6. The lowest BCUT2D eigenvalue weighted by molar-refractivity contribution is 0.0968. The summed E-state index contributed by atoms with van der Waals surface area (Å²) in [6, 6.07) is 0.404. The molecule has 3 aliphatic rings. The van der Waals surface area contributed by atoms with Crippen molar-refractivity contribution in [1.82, 2.24) is 20.4 Å². The summed E-state index contributed by atoms with van der Waals surface area (Å²) in [5.41, 5.74) is 3.27. The molecule has 1 aromatic heterocycles. The second-order valence-corrected chi connectivity index (χ2v) is 6.86. The van der Waals surface area contributed by atoms with Gasteiger partial charge in [0.1, 0.15) is 0 Å². The number of aromatic amines is 1. The van der Waals surface area contributed by atoms with E-state index in [2.05, 4.69) is 15.5 Å². The van der Waals surface area contributed by atoms with E-state index in [1.165, 1.54) is 5.56 Å². The predicted molar refractivity (Wildman–Crippen MR) is 81.6 cm³/mol. The largest absolute Gasteiger partial charge is 0.373 e. The number of aryl methyl sites for hydroxylation is 2. The number of nitrogens with zero attached hydrogens (tertiary/aromatic N) is 2. The van der Waals surface area contributed by atoms with E-state index in [4.69, 9.17) is 4.74 Å². The van der Waals surface area contributed by atoms with Gasteiger partial charge in [-0.2, -0.15) is 5.10 Å². The quantitative estimate of drug-likeness (QED) is 0.880. The zero-order valence-corrected chi connectivity index (χ0v) is 13.3. The number of likely N-dealkylation sites (tertiary alicyclic amines) is 1. The molecule has 0 unspecified atom stereocenters. The lowest BCUT2D eigenvalue weighted by Gasteiger charge is -2.29. The predicted octanol–water partition coefficient (Wildman–Crippen LogP) is 2.19. The smallest absolute Gasteiger partial charge is 0.318 e. The Hall–Kier alpha value is -1.56. The van der Waals surface area contributed by atoms with Gasteiger partial charge in [-0.1, -0.05) is 0 Å². The normalized spacial score (nSPS) is 33.6. The van der Waals surface area contributed by atoms with Crippen molar-refractivity contribution in [1.29, 1.82) is 0 Å². The first-order valence-electron chi connectivity index (χ1n) is 8.37. The van der Waals surface area contributed by atoms with Crippen LogP contribution in [0.15, 0.2) is 0 Å². The Morgan fingerprint density at radius 1 is 1.36 bits per heavy atom. The zero-order chi connectivity index (χ0) is 15.3. The summed E-state index contributed by atoms with van der Waals surface area (Å²) in [6.07, 6.45) is 5.86. The maximum Gasteiger partial charge on any atom is 0.318 e. The van der Waals surface area contributed by atoms with Crippen molar-refractivity contribution < 1.29 is 9.53 Å². The number of hydrogen-bond acceptors (Lipinski definition) is 3. The number of amides is 2. The van der Waals surface area contributed by atoms with E-state index >= 15 is 0 Å². The first-order valence-corrected chi connectivity index (χ1v) is 8.37. The number of H-pyrrole nitrogens is 1.